The average molecular weight is 290 g/mol. The summed E-state index contributed by atoms with van der Waals surface area (Å²) in [4.78, 5) is 0. The fourth-order valence-electron chi connectivity index (χ4n) is 2.25. The van der Waals surface area contributed by atoms with Crippen molar-refractivity contribution in [1.82, 2.24) is 0 Å². The largest absolute Gasteiger partial charge is 0.497 e. The third-order valence-electron chi connectivity index (χ3n) is 3.40. The minimum absolute atomic E-state index is 0.271. The molecular weight excluding hydrogens is 275 g/mol. The number of nitrogen functional groups attached to an aromatic ring is 1. The van der Waals surface area contributed by atoms with Gasteiger partial charge in [0, 0.05) is 11.3 Å². The molecule has 20 heavy (non-hydrogen) atoms. The van der Waals surface area contributed by atoms with E-state index in [9.17, 15) is 4.39 Å². The maximum absolute atomic E-state index is 13.4. The standard InChI is InChI=1S/C15H15FN2OS/c1-19-11-4-2-10(3-5-11)8-18-14-7-6-13(16)15(17)12(14)9-20-18/h2-7H,8-9,17H2,1H3. The third kappa shape index (κ3) is 2.29. The first-order chi connectivity index (χ1) is 9.69. The number of methoxy groups -OCH3 is 1. The van der Waals surface area contributed by atoms with Crippen LogP contribution in [0.25, 0.3) is 0 Å². The van der Waals surface area contributed by atoms with E-state index in [0.717, 1.165) is 29.3 Å². The van der Waals surface area contributed by atoms with Gasteiger partial charge in [-0.3, -0.25) is 0 Å². The van der Waals surface area contributed by atoms with Crippen LogP contribution in [0.15, 0.2) is 36.4 Å². The van der Waals surface area contributed by atoms with Gasteiger partial charge < -0.3 is 14.8 Å². The molecule has 0 fully saturated rings. The predicted molar refractivity (Wildman–Crippen MR) is 81.3 cm³/mol. The Morgan fingerprint density at radius 1 is 1.25 bits per heavy atom. The zero-order chi connectivity index (χ0) is 14.1. The molecule has 5 heteroatoms. The summed E-state index contributed by atoms with van der Waals surface area (Å²) in [6.07, 6.45) is 0. The van der Waals surface area contributed by atoms with Crippen LogP contribution < -0.4 is 14.8 Å². The van der Waals surface area contributed by atoms with Gasteiger partial charge in [0.15, 0.2) is 0 Å². The van der Waals surface area contributed by atoms with Crippen molar-refractivity contribution >= 4 is 23.3 Å². The molecule has 0 aliphatic carbocycles. The normalized spacial score (nSPS) is 13.4. The second-order valence-electron chi connectivity index (χ2n) is 4.62. The van der Waals surface area contributed by atoms with Gasteiger partial charge in [0.2, 0.25) is 0 Å². The highest BCUT2D eigenvalue weighted by molar-refractivity contribution is 8.00. The molecule has 1 heterocycles. The van der Waals surface area contributed by atoms with Crippen molar-refractivity contribution in [1.29, 1.82) is 0 Å². The van der Waals surface area contributed by atoms with E-state index >= 15 is 0 Å². The number of fused-ring (bicyclic) bond motifs is 1. The van der Waals surface area contributed by atoms with Crippen LogP contribution in [-0.2, 0) is 12.3 Å². The Balaban J connectivity index is 1.82. The van der Waals surface area contributed by atoms with Gasteiger partial charge in [-0.05, 0) is 41.8 Å². The van der Waals surface area contributed by atoms with Crippen molar-refractivity contribution in [2.75, 3.05) is 17.1 Å². The number of rotatable bonds is 3. The summed E-state index contributed by atoms with van der Waals surface area (Å²) in [5.41, 5.74) is 9.14. The van der Waals surface area contributed by atoms with Crippen LogP contribution in [0.4, 0.5) is 15.8 Å². The van der Waals surface area contributed by atoms with Crippen LogP contribution in [0, 0.1) is 5.82 Å². The topological polar surface area (TPSA) is 38.5 Å². The van der Waals surface area contributed by atoms with Gasteiger partial charge in [-0.1, -0.05) is 12.1 Å². The summed E-state index contributed by atoms with van der Waals surface area (Å²) in [5, 5.41) is 0. The van der Waals surface area contributed by atoms with E-state index in [1.54, 1.807) is 25.1 Å². The lowest BCUT2D eigenvalue weighted by molar-refractivity contribution is 0.414. The van der Waals surface area contributed by atoms with Crippen molar-refractivity contribution in [3.05, 3.63) is 53.3 Å². The predicted octanol–water partition coefficient (Wildman–Crippen LogP) is 3.58. The van der Waals surface area contributed by atoms with E-state index < -0.39 is 0 Å². The summed E-state index contributed by atoms with van der Waals surface area (Å²) in [5.74, 6) is 1.22. The lowest BCUT2D eigenvalue weighted by Crippen LogP contribution is -2.10. The first kappa shape index (κ1) is 13.1. The Morgan fingerprint density at radius 2 is 2.00 bits per heavy atom. The molecule has 0 spiro atoms. The van der Waals surface area contributed by atoms with Crippen molar-refractivity contribution in [2.45, 2.75) is 12.3 Å². The van der Waals surface area contributed by atoms with Crippen molar-refractivity contribution in [2.24, 2.45) is 0 Å². The van der Waals surface area contributed by atoms with E-state index in [1.807, 2.05) is 24.3 Å². The van der Waals surface area contributed by atoms with E-state index in [1.165, 1.54) is 11.6 Å². The first-order valence-corrected chi connectivity index (χ1v) is 7.23. The number of hydrogen-bond acceptors (Lipinski definition) is 4. The molecule has 1 aliphatic rings. The summed E-state index contributed by atoms with van der Waals surface area (Å²) in [7, 11) is 1.65. The molecule has 0 radical (unpaired) electrons. The fraction of sp³-hybridized carbons (Fsp3) is 0.200. The number of nitrogens with two attached hydrogens (primary N) is 1. The molecule has 0 saturated carbocycles. The van der Waals surface area contributed by atoms with Gasteiger partial charge in [0.05, 0.1) is 25.0 Å². The Labute approximate surface area is 121 Å². The molecule has 0 amide bonds. The molecule has 0 bridgehead atoms. The Bertz CT molecular complexity index is 631. The zero-order valence-corrected chi connectivity index (χ0v) is 11.9. The second-order valence-corrected chi connectivity index (χ2v) is 5.60. The lowest BCUT2D eigenvalue weighted by atomic mass is 10.1. The van der Waals surface area contributed by atoms with Gasteiger partial charge in [-0.2, -0.15) is 0 Å². The SMILES string of the molecule is COc1ccc(CN2SCc3c2ccc(F)c3N)cc1. The van der Waals surface area contributed by atoms with Gasteiger partial charge in [0.1, 0.15) is 11.6 Å². The first-order valence-electron chi connectivity index (χ1n) is 6.29. The molecule has 3 rings (SSSR count). The van der Waals surface area contributed by atoms with Gasteiger partial charge in [-0.25, -0.2) is 4.39 Å². The summed E-state index contributed by atoms with van der Waals surface area (Å²) < 4.78 is 20.7. The second kappa shape index (κ2) is 5.25. The van der Waals surface area contributed by atoms with Crippen LogP contribution in [0.5, 0.6) is 5.75 Å². The molecule has 2 N–H and O–H groups in total. The molecule has 0 atom stereocenters. The Morgan fingerprint density at radius 3 is 2.70 bits per heavy atom. The van der Waals surface area contributed by atoms with Crippen LogP contribution in [0.2, 0.25) is 0 Å². The number of hydrogen-bond donors (Lipinski definition) is 1. The molecule has 3 nitrogen and oxygen atoms in total. The molecule has 104 valence electrons. The van der Waals surface area contributed by atoms with E-state index in [4.69, 9.17) is 10.5 Å². The number of ether oxygens (including phenoxy) is 1. The highest BCUT2D eigenvalue weighted by Crippen LogP contribution is 2.42. The van der Waals surface area contributed by atoms with Gasteiger partial charge >= 0.3 is 0 Å². The molecular formula is C15H15FN2OS. The van der Waals surface area contributed by atoms with Crippen LogP contribution in [-0.4, -0.2) is 7.11 Å². The third-order valence-corrected chi connectivity index (χ3v) is 4.45. The quantitative estimate of drug-likeness (QED) is 0.692. The van der Waals surface area contributed by atoms with Crippen LogP contribution in [0.1, 0.15) is 11.1 Å². The monoisotopic (exact) mass is 290 g/mol. The summed E-state index contributed by atoms with van der Waals surface area (Å²) in [6, 6.07) is 11.2. The Kier molecular flexibility index (Phi) is 3.44. The molecule has 0 unspecified atom stereocenters. The highest BCUT2D eigenvalue weighted by Gasteiger charge is 2.23. The molecule has 1 aliphatic heterocycles. The van der Waals surface area contributed by atoms with Gasteiger partial charge in [-0.15, -0.1) is 0 Å². The minimum atomic E-state index is -0.337. The lowest BCUT2D eigenvalue weighted by Gasteiger charge is -2.18. The zero-order valence-electron chi connectivity index (χ0n) is 11.1. The number of halogens is 1. The Hall–Kier alpha value is -1.88. The smallest absolute Gasteiger partial charge is 0.146 e. The van der Waals surface area contributed by atoms with Crippen LogP contribution in [0.3, 0.4) is 0 Å². The maximum Gasteiger partial charge on any atom is 0.146 e. The van der Waals surface area contributed by atoms with E-state index in [2.05, 4.69) is 4.31 Å². The number of anilines is 2. The summed E-state index contributed by atoms with van der Waals surface area (Å²) in [6.45, 7) is 0.757. The van der Waals surface area contributed by atoms with Crippen molar-refractivity contribution < 1.29 is 9.13 Å². The van der Waals surface area contributed by atoms with E-state index in [-0.39, 0.29) is 11.5 Å². The fourth-order valence-corrected chi connectivity index (χ4v) is 3.39. The maximum atomic E-state index is 13.4. The van der Waals surface area contributed by atoms with E-state index in [0.29, 0.717) is 0 Å². The molecule has 0 aromatic heterocycles. The molecule has 2 aromatic rings. The molecule has 0 saturated heterocycles. The van der Waals surface area contributed by atoms with Crippen molar-refractivity contribution in [3.8, 4) is 5.75 Å². The summed E-state index contributed by atoms with van der Waals surface area (Å²) >= 11 is 1.65. The minimum Gasteiger partial charge on any atom is -0.497 e. The number of benzene rings is 2. The molecule has 2 aromatic carbocycles. The average Bonchev–Trinajstić information content (AvgIpc) is 2.87. The highest BCUT2D eigenvalue weighted by atomic mass is 32.2. The van der Waals surface area contributed by atoms with Gasteiger partial charge in [0.25, 0.3) is 0 Å². The van der Waals surface area contributed by atoms with Crippen molar-refractivity contribution in [3.63, 3.8) is 0 Å². The van der Waals surface area contributed by atoms with Crippen LogP contribution >= 0.6 is 11.9 Å². The number of nitrogens with zero attached hydrogens (tertiary/aromatic N) is 1.